The van der Waals surface area contributed by atoms with Gasteiger partial charge in [0.1, 0.15) is 11.9 Å². The number of amides is 4. The van der Waals surface area contributed by atoms with Crippen LogP contribution >= 0.6 is 23.2 Å². The van der Waals surface area contributed by atoms with Gasteiger partial charge in [-0.05, 0) is 43.2 Å². The lowest BCUT2D eigenvalue weighted by Crippen LogP contribution is -2.54. The maximum absolute atomic E-state index is 13.0. The number of rotatable bonds is 8. The van der Waals surface area contributed by atoms with Crippen LogP contribution in [0.3, 0.4) is 0 Å². The minimum Gasteiger partial charge on any atom is -0.467 e. The number of nitrogens with zero attached hydrogens (tertiary/aromatic N) is 3. The first-order valence-electron chi connectivity index (χ1n) is 13.0. The van der Waals surface area contributed by atoms with E-state index in [0.29, 0.717) is 31.5 Å². The van der Waals surface area contributed by atoms with E-state index >= 15 is 0 Å². The molecule has 1 aliphatic heterocycles. The van der Waals surface area contributed by atoms with Crippen LogP contribution in [0.5, 0.6) is 0 Å². The van der Waals surface area contributed by atoms with Gasteiger partial charge in [-0.3, -0.25) is 14.2 Å². The highest BCUT2D eigenvalue weighted by molar-refractivity contribution is 6.40. The fraction of sp³-hybridized carbons (Fsp3) is 0.286. The molecule has 3 aromatic rings. The zero-order chi connectivity index (χ0) is 30.2. The average molecular weight is 615 g/mol. The molecular weight excluding hydrogens is 587 g/mol. The van der Waals surface area contributed by atoms with Crippen molar-refractivity contribution in [2.75, 3.05) is 25.5 Å². The largest absolute Gasteiger partial charge is 0.467 e. The molecule has 220 valence electrons. The van der Waals surface area contributed by atoms with E-state index in [1.54, 1.807) is 30.3 Å². The van der Waals surface area contributed by atoms with Crippen molar-refractivity contribution in [1.82, 2.24) is 25.1 Å². The molecule has 1 aliphatic rings. The van der Waals surface area contributed by atoms with E-state index < -0.39 is 29.6 Å². The van der Waals surface area contributed by atoms with Crippen molar-refractivity contribution in [3.05, 3.63) is 92.5 Å². The van der Waals surface area contributed by atoms with E-state index in [-0.39, 0.29) is 39.9 Å². The lowest BCUT2D eigenvalue weighted by Gasteiger charge is -2.33. The second-order valence-electron chi connectivity index (χ2n) is 9.42. The molecule has 4 rings (SSSR count). The summed E-state index contributed by atoms with van der Waals surface area (Å²) >= 11 is 12.1. The highest BCUT2D eigenvalue weighted by Crippen LogP contribution is 2.25. The van der Waals surface area contributed by atoms with Crippen molar-refractivity contribution < 1.29 is 23.9 Å². The summed E-state index contributed by atoms with van der Waals surface area (Å²) in [5, 5.41) is 8.32. The molecule has 2 heterocycles. The molecule has 1 saturated heterocycles. The Hall–Kier alpha value is -4.42. The standard InChI is InChI=1S/C28H28Cl2N6O6/c1-42-26(39)21(32-27(40)35-13-10-18(11-14-35)31-24(37)17-6-3-2-4-7-17)16-36-15-12-22(34-28(36)41)33-25(38)23-19(29)8-5-9-20(23)30/h2-9,12,15,18,21H,10-11,13-14,16H2,1H3,(H,31,37)(H,32,40)(H,33,34,38,41)/t21-/m0/s1. The van der Waals surface area contributed by atoms with Crippen LogP contribution in [0, 0.1) is 0 Å². The summed E-state index contributed by atoms with van der Waals surface area (Å²) in [7, 11) is 1.17. The Bertz CT molecular complexity index is 1500. The molecule has 1 aromatic heterocycles. The molecule has 0 bridgehead atoms. The Kier molecular flexibility index (Phi) is 10.2. The van der Waals surface area contributed by atoms with E-state index in [1.165, 1.54) is 36.4 Å². The maximum Gasteiger partial charge on any atom is 0.349 e. The number of esters is 1. The molecule has 14 heteroatoms. The summed E-state index contributed by atoms with van der Waals surface area (Å²) in [6.07, 6.45) is 2.39. The van der Waals surface area contributed by atoms with E-state index in [4.69, 9.17) is 27.9 Å². The monoisotopic (exact) mass is 614 g/mol. The number of benzene rings is 2. The molecule has 0 radical (unpaired) electrons. The van der Waals surface area contributed by atoms with Crippen molar-refractivity contribution in [3.8, 4) is 0 Å². The predicted octanol–water partition coefficient (Wildman–Crippen LogP) is 2.95. The number of urea groups is 1. The molecule has 42 heavy (non-hydrogen) atoms. The molecular formula is C28H28Cl2N6O6. The Balaban J connectivity index is 1.34. The predicted molar refractivity (Wildman–Crippen MR) is 156 cm³/mol. The van der Waals surface area contributed by atoms with Gasteiger partial charge in [0.05, 0.1) is 29.3 Å². The van der Waals surface area contributed by atoms with Gasteiger partial charge in [0.15, 0.2) is 0 Å². The van der Waals surface area contributed by atoms with Gasteiger partial charge in [-0.25, -0.2) is 14.4 Å². The van der Waals surface area contributed by atoms with Crippen molar-refractivity contribution in [2.24, 2.45) is 0 Å². The number of carbonyl (C=O) groups is 4. The Labute approximate surface area is 251 Å². The molecule has 4 amide bonds. The van der Waals surface area contributed by atoms with E-state index in [9.17, 15) is 24.0 Å². The van der Waals surface area contributed by atoms with Crippen LogP contribution in [-0.2, 0) is 16.1 Å². The Morgan fingerprint density at radius 1 is 0.976 bits per heavy atom. The van der Waals surface area contributed by atoms with Gasteiger partial charge in [-0.1, -0.05) is 47.5 Å². The first kappa shape index (κ1) is 30.5. The normalized spacial score (nSPS) is 14.0. The summed E-state index contributed by atoms with van der Waals surface area (Å²) in [6.45, 7) is 0.439. The third-order valence-corrected chi connectivity index (χ3v) is 7.25. The van der Waals surface area contributed by atoms with Crippen LogP contribution in [0.4, 0.5) is 10.6 Å². The van der Waals surface area contributed by atoms with Crippen molar-refractivity contribution >= 4 is 52.8 Å². The highest BCUT2D eigenvalue weighted by Gasteiger charge is 2.29. The zero-order valence-electron chi connectivity index (χ0n) is 22.5. The third-order valence-electron chi connectivity index (χ3n) is 6.62. The summed E-state index contributed by atoms with van der Waals surface area (Å²) in [6, 6.07) is 13.0. The number of hydrogen-bond donors (Lipinski definition) is 3. The topological polar surface area (TPSA) is 152 Å². The molecule has 0 aliphatic carbocycles. The molecule has 0 spiro atoms. The maximum atomic E-state index is 13.0. The molecule has 3 N–H and O–H groups in total. The minimum absolute atomic E-state index is 0.0305. The third kappa shape index (κ3) is 7.65. The first-order chi connectivity index (χ1) is 20.2. The zero-order valence-corrected chi connectivity index (χ0v) is 24.0. The summed E-state index contributed by atoms with van der Waals surface area (Å²) in [5.41, 5.74) is -0.192. The van der Waals surface area contributed by atoms with Crippen LogP contribution in [0.2, 0.25) is 10.0 Å². The minimum atomic E-state index is -1.19. The average Bonchev–Trinajstić information content (AvgIpc) is 2.98. The van der Waals surface area contributed by atoms with Crippen LogP contribution in [0.25, 0.3) is 0 Å². The quantitative estimate of drug-likeness (QED) is 0.330. The molecule has 0 saturated carbocycles. The highest BCUT2D eigenvalue weighted by atomic mass is 35.5. The molecule has 1 fully saturated rings. The van der Waals surface area contributed by atoms with E-state index in [2.05, 4.69) is 20.9 Å². The van der Waals surface area contributed by atoms with Crippen LogP contribution in [-0.4, -0.2) is 70.5 Å². The van der Waals surface area contributed by atoms with Crippen molar-refractivity contribution in [3.63, 3.8) is 0 Å². The fourth-order valence-corrected chi connectivity index (χ4v) is 4.94. The molecule has 2 aromatic carbocycles. The van der Waals surface area contributed by atoms with E-state index in [0.717, 1.165) is 4.57 Å². The van der Waals surface area contributed by atoms with Gasteiger partial charge < -0.3 is 25.6 Å². The van der Waals surface area contributed by atoms with Gasteiger partial charge in [0.25, 0.3) is 11.8 Å². The molecule has 1 atom stereocenters. The number of likely N-dealkylation sites (tertiary alicyclic amines) is 1. The Morgan fingerprint density at radius 3 is 2.26 bits per heavy atom. The number of carbonyl (C=O) groups excluding carboxylic acids is 4. The number of methoxy groups -OCH3 is 1. The number of aromatic nitrogens is 2. The van der Waals surface area contributed by atoms with Crippen LogP contribution in [0.15, 0.2) is 65.6 Å². The van der Waals surface area contributed by atoms with Crippen LogP contribution in [0.1, 0.15) is 33.6 Å². The lowest BCUT2D eigenvalue weighted by atomic mass is 10.0. The second-order valence-corrected chi connectivity index (χ2v) is 10.2. The van der Waals surface area contributed by atoms with Gasteiger partial charge in [0, 0.05) is 30.9 Å². The van der Waals surface area contributed by atoms with Crippen LogP contribution < -0.4 is 21.6 Å². The summed E-state index contributed by atoms with van der Waals surface area (Å²) < 4.78 is 5.93. The summed E-state index contributed by atoms with van der Waals surface area (Å²) in [4.78, 5) is 68.5. The first-order valence-corrected chi connectivity index (χ1v) is 13.7. The number of ether oxygens (including phenoxy) is 1. The van der Waals surface area contributed by atoms with Crippen molar-refractivity contribution in [2.45, 2.75) is 31.5 Å². The van der Waals surface area contributed by atoms with Gasteiger partial charge >= 0.3 is 17.7 Å². The number of nitrogens with one attached hydrogen (secondary N) is 3. The molecule has 0 unspecified atom stereocenters. The number of halogens is 2. The van der Waals surface area contributed by atoms with Gasteiger partial charge in [-0.2, -0.15) is 4.98 Å². The molecule has 12 nitrogen and oxygen atoms in total. The number of hydrogen-bond acceptors (Lipinski definition) is 7. The lowest BCUT2D eigenvalue weighted by molar-refractivity contribution is -0.143. The fourth-order valence-electron chi connectivity index (χ4n) is 4.37. The van der Waals surface area contributed by atoms with Gasteiger partial charge in [0.2, 0.25) is 0 Å². The number of anilines is 1. The SMILES string of the molecule is COC(=O)[C@H](Cn1ccc(NC(=O)c2c(Cl)cccc2Cl)nc1=O)NC(=O)N1CCC(NC(=O)c2ccccc2)CC1. The smallest absolute Gasteiger partial charge is 0.349 e. The Morgan fingerprint density at radius 2 is 1.64 bits per heavy atom. The van der Waals surface area contributed by atoms with Crippen molar-refractivity contribution in [1.29, 1.82) is 0 Å². The summed E-state index contributed by atoms with van der Waals surface area (Å²) in [5.74, 6) is -1.65. The van der Waals surface area contributed by atoms with Gasteiger partial charge in [-0.15, -0.1) is 0 Å². The number of piperidine rings is 1. The van der Waals surface area contributed by atoms with E-state index in [1.807, 2.05) is 6.07 Å². The second kappa shape index (κ2) is 14.0.